The van der Waals surface area contributed by atoms with Crippen LogP contribution in [0.15, 0.2) is 17.5 Å². The van der Waals surface area contributed by atoms with E-state index >= 15 is 0 Å². The summed E-state index contributed by atoms with van der Waals surface area (Å²) in [6.07, 6.45) is 7.72. The molecule has 0 atom stereocenters. The monoisotopic (exact) mass is 293 g/mol. The SMILES string of the molecule is CN(Cc1nccn1C)C(=O)C1(C(N)=NO)CCCCC1. The van der Waals surface area contributed by atoms with Crippen molar-refractivity contribution in [3.05, 3.63) is 18.2 Å². The molecule has 1 amide bonds. The molecule has 21 heavy (non-hydrogen) atoms. The molecule has 2 rings (SSSR count). The predicted octanol–water partition coefficient (Wildman–Crippen LogP) is 1.08. The number of aromatic nitrogens is 2. The van der Waals surface area contributed by atoms with E-state index in [1.165, 1.54) is 0 Å². The quantitative estimate of drug-likeness (QED) is 0.375. The summed E-state index contributed by atoms with van der Waals surface area (Å²) in [6, 6.07) is 0. The lowest BCUT2D eigenvalue weighted by Gasteiger charge is -2.37. The molecule has 0 aromatic carbocycles. The third-order valence-corrected chi connectivity index (χ3v) is 4.36. The van der Waals surface area contributed by atoms with Crippen LogP contribution in [0.2, 0.25) is 0 Å². The van der Waals surface area contributed by atoms with Crippen LogP contribution in [-0.4, -0.2) is 38.4 Å². The first-order valence-corrected chi connectivity index (χ1v) is 7.21. The van der Waals surface area contributed by atoms with Gasteiger partial charge in [0.25, 0.3) is 0 Å². The zero-order valence-corrected chi connectivity index (χ0v) is 12.6. The van der Waals surface area contributed by atoms with Gasteiger partial charge in [-0.15, -0.1) is 0 Å². The molecule has 7 heteroatoms. The highest BCUT2D eigenvalue weighted by atomic mass is 16.4. The summed E-state index contributed by atoms with van der Waals surface area (Å²) in [4.78, 5) is 18.7. The number of imidazole rings is 1. The van der Waals surface area contributed by atoms with Gasteiger partial charge in [0.05, 0.1) is 6.54 Å². The number of hydrogen-bond donors (Lipinski definition) is 2. The molecule has 0 radical (unpaired) electrons. The fourth-order valence-electron chi connectivity index (χ4n) is 3.03. The Hall–Kier alpha value is -2.05. The van der Waals surface area contributed by atoms with Gasteiger partial charge in [-0.3, -0.25) is 4.79 Å². The number of oxime groups is 1. The van der Waals surface area contributed by atoms with Gasteiger partial charge < -0.3 is 20.4 Å². The van der Waals surface area contributed by atoms with E-state index in [1.54, 1.807) is 18.1 Å². The number of amides is 1. The highest BCUT2D eigenvalue weighted by Gasteiger charge is 2.45. The van der Waals surface area contributed by atoms with Crippen LogP contribution in [0, 0.1) is 5.41 Å². The van der Waals surface area contributed by atoms with Gasteiger partial charge in [0, 0.05) is 26.5 Å². The maximum Gasteiger partial charge on any atom is 0.236 e. The van der Waals surface area contributed by atoms with Crippen molar-refractivity contribution in [2.45, 2.75) is 38.6 Å². The molecule has 1 heterocycles. The number of amidine groups is 1. The van der Waals surface area contributed by atoms with Crippen molar-refractivity contribution in [3.8, 4) is 0 Å². The Labute approximate surface area is 124 Å². The minimum Gasteiger partial charge on any atom is -0.409 e. The van der Waals surface area contributed by atoms with E-state index in [0.29, 0.717) is 19.4 Å². The Morgan fingerprint density at radius 3 is 2.71 bits per heavy atom. The van der Waals surface area contributed by atoms with E-state index in [1.807, 2.05) is 17.8 Å². The molecule has 7 nitrogen and oxygen atoms in total. The number of nitrogens with two attached hydrogens (primary N) is 1. The third-order valence-electron chi connectivity index (χ3n) is 4.36. The lowest BCUT2D eigenvalue weighted by Crippen LogP contribution is -2.51. The molecule has 1 saturated carbocycles. The Balaban J connectivity index is 2.20. The van der Waals surface area contributed by atoms with Gasteiger partial charge in [0.15, 0.2) is 5.84 Å². The van der Waals surface area contributed by atoms with E-state index in [0.717, 1.165) is 25.1 Å². The number of carbonyl (C=O) groups excluding carboxylic acids is 1. The number of rotatable bonds is 4. The second kappa shape index (κ2) is 6.15. The Morgan fingerprint density at radius 2 is 2.19 bits per heavy atom. The summed E-state index contributed by atoms with van der Waals surface area (Å²) in [5.41, 5.74) is 4.99. The normalized spacial score (nSPS) is 18.5. The molecule has 1 fully saturated rings. The first kappa shape index (κ1) is 15.3. The van der Waals surface area contributed by atoms with Crippen molar-refractivity contribution < 1.29 is 10.0 Å². The minimum atomic E-state index is -0.868. The van der Waals surface area contributed by atoms with Crippen molar-refractivity contribution in [2.75, 3.05) is 7.05 Å². The number of aryl methyl sites for hydroxylation is 1. The van der Waals surface area contributed by atoms with Crippen LogP contribution < -0.4 is 5.73 Å². The van der Waals surface area contributed by atoms with Crippen LogP contribution in [0.5, 0.6) is 0 Å². The largest absolute Gasteiger partial charge is 0.409 e. The number of carbonyl (C=O) groups is 1. The van der Waals surface area contributed by atoms with E-state index < -0.39 is 5.41 Å². The van der Waals surface area contributed by atoms with Crippen molar-refractivity contribution >= 4 is 11.7 Å². The molecule has 1 aromatic rings. The second-order valence-corrected chi connectivity index (χ2v) is 5.74. The summed E-state index contributed by atoms with van der Waals surface area (Å²) in [5, 5.41) is 12.2. The molecule has 1 aliphatic rings. The maximum absolute atomic E-state index is 12.9. The zero-order chi connectivity index (χ0) is 15.5. The van der Waals surface area contributed by atoms with Gasteiger partial charge in [-0.25, -0.2) is 4.98 Å². The molecule has 0 saturated heterocycles. The lowest BCUT2D eigenvalue weighted by molar-refractivity contribution is -0.139. The van der Waals surface area contributed by atoms with Crippen molar-refractivity contribution in [1.82, 2.24) is 14.5 Å². The van der Waals surface area contributed by atoms with E-state index in [9.17, 15) is 4.79 Å². The molecule has 1 aromatic heterocycles. The average molecular weight is 293 g/mol. The standard InChI is InChI=1S/C14H23N5O2/c1-18-9-8-16-11(18)10-19(2)13(20)14(12(15)17-21)6-4-3-5-7-14/h8-9,21H,3-7,10H2,1-2H3,(H2,15,17). The van der Waals surface area contributed by atoms with E-state index in [4.69, 9.17) is 10.9 Å². The predicted molar refractivity (Wildman–Crippen MR) is 78.6 cm³/mol. The molecule has 1 aliphatic carbocycles. The average Bonchev–Trinajstić information content (AvgIpc) is 2.91. The first-order chi connectivity index (χ1) is 10.0. The zero-order valence-electron chi connectivity index (χ0n) is 12.6. The summed E-state index contributed by atoms with van der Waals surface area (Å²) in [6.45, 7) is 0.406. The van der Waals surface area contributed by atoms with Gasteiger partial charge in [-0.2, -0.15) is 0 Å². The fourth-order valence-corrected chi connectivity index (χ4v) is 3.03. The summed E-state index contributed by atoms with van der Waals surface area (Å²) < 4.78 is 1.88. The summed E-state index contributed by atoms with van der Waals surface area (Å²) >= 11 is 0. The van der Waals surface area contributed by atoms with Crippen LogP contribution in [0.25, 0.3) is 0 Å². The Kier molecular flexibility index (Phi) is 4.50. The minimum absolute atomic E-state index is 0.0268. The molecule has 0 spiro atoms. The van der Waals surface area contributed by atoms with Gasteiger partial charge in [-0.1, -0.05) is 24.4 Å². The summed E-state index contributed by atoms with van der Waals surface area (Å²) in [7, 11) is 3.62. The van der Waals surface area contributed by atoms with E-state index in [2.05, 4.69) is 10.1 Å². The molecular weight excluding hydrogens is 270 g/mol. The van der Waals surface area contributed by atoms with Crippen molar-refractivity contribution in [2.24, 2.45) is 23.4 Å². The Morgan fingerprint density at radius 1 is 1.52 bits per heavy atom. The summed E-state index contributed by atoms with van der Waals surface area (Å²) in [5.74, 6) is 0.732. The van der Waals surface area contributed by atoms with Crippen molar-refractivity contribution in [1.29, 1.82) is 0 Å². The van der Waals surface area contributed by atoms with Gasteiger partial charge in [-0.05, 0) is 12.8 Å². The van der Waals surface area contributed by atoms with Crippen LogP contribution in [-0.2, 0) is 18.4 Å². The molecule has 0 bridgehead atoms. The molecule has 0 unspecified atom stereocenters. The van der Waals surface area contributed by atoms with Gasteiger partial charge in [0.2, 0.25) is 5.91 Å². The van der Waals surface area contributed by atoms with E-state index in [-0.39, 0.29) is 11.7 Å². The molecular formula is C14H23N5O2. The third kappa shape index (κ3) is 2.86. The molecule has 3 N–H and O–H groups in total. The van der Waals surface area contributed by atoms with Gasteiger partial charge >= 0.3 is 0 Å². The maximum atomic E-state index is 12.9. The van der Waals surface area contributed by atoms with Gasteiger partial charge in [0.1, 0.15) is 11.2 Å². The second-order valence-electron chi connectivity index (χ2n) is 5.74. The molecule has 116 valence electrons. The number of nitrogens with zero attached hydrogens (tertiary/aromatic N) is 4. The molecule has 0 aliphatic heterocycles. The van der Waals surface area contributed by atoms with Crippen LogP contribution >= 0.6 is 0 Å². The highest BCUT2D eigenvalue weighted by Crippen LogP contribution is 2.38. The van der Waals surface area contributed by atoms with Crippen LogP contribution in [0.3, 0.4) is 0 Å². The van der Waals surface area contributed by atoms with Crippen LogP contribution in [0.1, 0.15) is 37.9 Å². The lowest BCUT2D eigenvalue weighted by atomic mass is 9.72. The number of hydrogen-bond acceptors (Lipinski definition) is 4. The highest BCUT2D eigenvalue weighted by molar-refractivity contribution is 6.06. The first-order valence-electron chi connectivity index (χ1n) is 7.21. The topological polar surface area (TPSA) is 96.7 Å². The fraction of sp³-hybridized carbons (Fsp3) is 0.643. The van der Waals surface area contributed by atoms with Crippen molar-refractivity contribution in [3.63, 3.8) is 0 Å². The Bertz CT molecular complexity index is 531. The van der Waals surface area contributed by atoms with Crippen LogP contribution in [0.4, 0.5) is 0 Å². The smallest absolute Gasteiger partial charge is 0.236 e.